The normalized spacial score (nSPS) is 9.87. The van der Waals surface area contributed by atoms with Crippen LogP contribution in [-0.4, -0.2) is 4.98 Å². The minimum atomic E-state index is -0.109. The molecule has 0 unspecified atom stereocenters. The van der Waals surface area contributed by atoms with Crippen LogP contribution < -0.4 is 4.74 Å². The Balaban J connectivity index is 1.96. The van der Waals surface area contributed by atoms with Gasteiger partial charge in [-0.15, -0.1) is 0 Å². The highest BCUT2D eigenvalue weighted by Crippen LogP contribution is 2.13. The number of pyridine rings is 1. The Kier molecular flexibility index (Phi) is 2.83. The first-order valence-electron chi connectivity index (χ1n) is 4.64. The van der Waals surface area contributed by atoms with E-state index in [2.05, 4.69) is 4.98 Å². The highest BCUT2D eigenvalue weighted by Gasteiger charge is 1.97. The summed E-state index contributed by atoms with van der Waals surface area (Å²) in [5.41, 5.74) is 1.07. The van der Waals surface area contributed by atoms with Crippen LogP contribution in [0.5, 0.6) is 11.6 Å². The molecule has 1 aromatic heterocycles. The summed E-state index contributed by atoms with van der Waals surface area (Å²) in [6.07, 6.45) is 1.25. The second-order valence-corrected chi connectivity index (χ2v) is 3.11. The fourth-order valence-electron chi connectivity index (χ4n) is 1.18. The van der Waals surface area contributed by atoms with Gasteiger partial charge in [0.25, 0.3) is 0 Å². The largest absolute Gasteiger partial charge is 0.473 e. The van der Waals surface area contributed by atoms with Crippen molar-refractivity contribution >= 4 is 0 Å². The summed E-state index contributed by atoms with van der Waals surface area (Å²) in [5, 5.41) is 10.8. The number of rotatable bonds is 3. The lowest BCUT2D eigenvalue weighted by Crippen LogP contribution is -1.96. The number of ether oxygens (including phenoxy) is 1. The van der Waals surface area contributed by atoms with Gasteiger partial charge < -0.3 is 4.74 Å². The van der Waals surface area contributed by atoms with Gasteiger partial charge in [-0.25, -0.2) is 4.98 Å². The van der Waals surface area contributed by atoms with E-state index in [-0.39, 0.29) is 5.75 Å². The topological polar surface area (TPSA) is 42.0 Å². The van der Waals surface area contributed by atoms with Gasteiger partial charge in [-0.2, -0.15) is 0 Å². The Labute approximate surface area is 88.0 Å². The molecule has 3 heteroatoms. The molecule has 0 aliphatic heterocycles. The molecule has 0 aliphatic carbocycles. The van der Waals surface area contributed by atoms with Gasteiger partial charge in [-0.3, -0.25) is 5.11 Å². The molecule has 1 aromatic carbocycles. The number of hydrogen-bond acceptors (Lipinski definition) is 2. The summed E-state index contributed by atoms with van der Waals surface area (Å²) in [6, 6.07) is 12.8. The molecule has 0 aliphatic rings. The average molecular weight is 200 g/mol. The smallest absolute Gasteiger partial charge is 0.213 e. The van der Waals surface area contributed by atoms with E-state index in [1.807, 2.05) is 30.3 Å². The second kappa shape index (κ2) is 4.46. The molecule has 0 spiro atoms. The summed E-state index contributed by atoms with van der Waals surface area (Å²) in [7, 11) is 0. The summed E-state index contributed by atoms with van der Waals surface area (Å²) >= 11 is 0. The van der Waals surface area contributed by atoms with Crippen LogP contribution in [0.2, 0.25) is 0 Å². The zero-order valence-corrected chi connectivity index (χ0v) is 8.09. The predicted molar refractivity (Wildman–Crippen MR) is 55.1 cm³/mol. The standard InChI is InChI=1S/C12H10NO2/c14-11-6-7-12(13-8-11)15-9-10-4-2-1-3-5-10/h1-8H,9H2. The van der Waals surface area contributed by atoms with Crippen molar-refractivity contribution in [1.82, 2.24) is 4.98 Å². The van der Waals surface area contributed by atoms with Gasteiger partial charge in [-0.05, 0) is 11.6 Å². The quantitative estimate of drug-likeness (QED) is 0.764. The first-order chi connectivity index (χ1) is 7.34. The second-order valence-electron chi connectivity index (χ2n) is 3.11. The zero-order chi connectivity index (χ0) is 10.5. The van der Waals surface area contributed by atoms with Gasteiger partial charge in [0.1, 0.15) is 6.61 Å². The highest BCUT2D eigenvalue weighted by atomic mass is 16.5. The lowest BCUT2D eigenvalue weighted by molar-refractivity contribution is 0.290. The van der Waals surface area contributed by atoms with Crippen molar-refractivity contribution in [3.05, 3.63) is 54.2 Å². The van der Waals surface area contributed by atoms with E-state index in [0.29, 0.717) is 12.5 Å². The Morgan fingerprint density at radius 3 is 2.53 bits per heavy atom. The van der Waals surface area contributed by atoms with Gasteiger partial charge in [0, 0.05) is 6.07 Å². The molecular formula is C12H10NO2. The van der Waals surface area contributed by atoms with E-state index < -0.39 is 0 Å². The van der Waals surface area contributed by atoms with E-state index >= 15 is 0 Å². The monoisotopic (exact) mass is 200 g/mol. The van der Waals surface area contributed by atoms with Gasteiger partial charge in [-0.1, -0.05) is 30.3 Å². The van der Waals surface area contributed by atoms with Crippen molar-refractivity contribution in [2.75, 3.05) is 0 Å². The molecule has 2 aromatic rings. The maximum absolute atomic E-state index is 10.8. The van der Waals surface area contributed by atoms with Crippen LogP contribution in [-0.2, 0) is 11.7 Å². The Bertz CT molecular complexity index is 411. The van der Waals surface area contributed by atoms with Gasteiger partial charge in [0.2, 0.25) is 5.88 Å². The number of aromatic nitrogens is 1. The van der Waals surface area contributed by atoms with E-state index in [0.717, 1.165) is 5.56 Å². The molecule has 0 bridgehead atoms. The minimum absolute atomic E-state index is 0.109. The van der Waals surface area contributed by atoms with E-state index in [1.54, 1.807) is 6.07 Å². The molecule has 0 saturated heterocycles. The number of hydrogen-bond donors (Lipinski definition) is 0. The van der Waals surface area contributed by atoms with Crippen LogP contribution in [0, 0.1) is 0 Å². The molecule has 1 heterocycles. The van der Waals surface area contributed by atoms with Crippen molar-refractivity contribution in [3.63, 3.8) is 0 Å². The van der Waals surface area contributed by atoms with Crippen LogP contribution in [0.15, 0.2) is 48.7 Å². The fraction of sp³-hybridized carbons (Fsp3) is 0.0833. The Hall–Kier alpha value is -2.03. The van der Waals surface area contributed by atoms with E-state index in [9.17, 15) is 5.11 Å². The predicted octanol–water partition coefficient (Wildman–Crippen LogP) is 2.80. The highest BCUT2D eigenvalue weighted by molar-refractivity contribution is 5.21. The summed E-state index contributed by atoms with van der Waals surface area (Å²) in [5.74, 6) is 0.362. The van der Waals surface area contributed by atoms with Crippen molar-refractivity contribution in [3.8, 4) is 11.6 Å². The molecule has 0 fully saturated rings. The maximum Gasteiger partial charge on any atom is 0.213 e. The zero-order valence-electron chi connectivity index (χ0n) is 8.09. The van der Waals surface area contributed by atoms with Crippen LogP contribution in [0.3, 0.4) is 0 Å². The average Bonchev–Trinajstić information content (AvgIpc) is 2.30. The summed E-state index contributed by atoms with van der Waals surface area (Å²) in [4.78, 5) is 3.86. The van der Waals surface area contributed by atoms with Crippen LogP contribution in [0.1, 0.15) is 5.56 Å². The molecule has 15 heavy (non-hydrogen) atoms. The number of benzene rings is 1. The number of nitrogens with zero attached hydrogens (tertiary/aromatic N) is 1. The first-order valence-corrected chi connectivity index (χ1v) is 4.64. The van der Waals surface area contributed by atoms with Gasteiger partial charge in [0.05, 0.1) is 6.20 Å². The fourth-order valence-corrected chi connectivity index (χ4v) is 1.18. The lowest BCUT2D eigenvalue weighted by Gasteiger charge is -2.04. The minimum Gasteiger partial charge on any atom is -0.473 e. The third kappa shape index (κ3) is 2.71. The van der Waals surface area contributed by atoms with E-state index in [1.165, 1.54) is 12.3 Å². The van der Waals surface area contributed by atoms with Crippen molar-refractivity contribution in [1.29, 1.82) is 0 Å². The third-order valence-electron chi connectivity index (χ3n) is 1.94. The molecule has 0 atom stereocenters. The van der Waals surface area contributed by atoms with Crippen LogP contribution in [0.4, 0.5) is 0 Å². The van der Waals surface area contributed by atoms with Gasteiger partial charge >= 0.3 is 0 Å². The molecule has 3 nitrogen and oxygen atoms in total. The maximum atomic E-state index is 10.8. The lowest BCUT2D eigenvalue weighted by atomic mass is 10.2. The van der Waals surface area contributed by atoms with Gasteiger partial charge in [0.15, 0.2) is 5.75 Å². The molecule has 2 rings (SSSR count). The Morgan fingerprint density at radius 2 is 1.87 bits per heavy atom. The Morgan fingerprint density at radius 1 is 1.07 bits per heavy atom. The van der Waals surface area contributed by atoms with Crippen molar-refractivity contribution in [2.45, 2.75) is 6.61 Å². The SMILES string of the molecule is [O]c1ccc(OCc2ccccc2)nc1. The molecule has 0 saturated carbocycles. The van der Waals surface area contributed by atoms with Crippen molar-refractivity contribution < 1.29 is 9.84 Å². The van der Waals surface area contributed by atoms with E-state index in [4.69, 9.17) is 4.74 Å². The third-order valence-corrected chi connectivity index (χ3v) is 1.94. The van der Waals surface area contributed by atoms with Crippen molar-refractivity contribution in [2.24, 2.45) is 0 Å². The summed E-state index contributed by atoms with van der Waals surface area (Å²) < 4.78 is 5.40. The first kappa shape index (κ1) is 9.52. The molecule has 1 radical (unpaired) electrons. The molecule has 0 N–H and O–H groups in total. The van der Waals surface area contributed by atoms with Crippen LogP contribution in [0.25, 0.3) is 0 Å². The van der Waals surface area contributed by atoms with Crippen LogP contribution >= 0.6 is 0 Å². The molecule has 0 amide bonds. The molecular weight excluding hydrogens is 190 g/mol. The molecule has 75 valence electrons. The summed E-state index contributed by atoms with van der Waals surface area (Å²) in [6.45, 7) is 0.464.